The number of nitrogens with zero attached hydrogens (tertiary/aromatic N) is 3. The van der Waals surface area contributed by atoms with E-state index in [1.807, 2.05) is 23.1 Å². The zero-order chi connectivity index (χ0) is 18.9. The van der Waals surface area contributed by atoms with E-state index in [4.69, 9.17) is 0 Å². The molecular formula is C22H28N4O. The lowest BCUT2D eigenvalue weighted by molar-refractivity contribution is 0.0617. The number of hydrogen-bond donors (Lipinski definition) is 1. The molecule has 2 fully saturated rings. The van der Waals surface area contributed by atoms with Crippen LogP contribution in [-0.2, 0) is 12.1 Å². The number of hydrogen-bond acceptors (Lipinski definition) is 3. The first-order valence-corrected chi connectivity index (χ1v) is 9.73. The topological polar surface area (TPSA) is 48.5 Å². The van der Waals surface area contributed by atoms with Crippen LogP contribution in [0.15, 0.2) is 54.7 Å². The molecular weight excluding hydrogens is 336 g/mol. The van der Waals surface area contributed by atoms with E-state index >= 15 is 0 Å². The predicted molar refractivity (Wildman–Crippen MR) is 106 cm³/mol. The SMILES string of the molecule is CN(C)[C@]1(c2ccccc2)CC[C@@]2(CC1)CN(Cc1ccccn1)C(=O)N2. The Morgan fingerprint density at radius 1 is 1.04 bits per heavy atom. The van der Waals surface area contributed by atoms with Crippen molar-refractivity contribution in [3.63, 3.8) is 0 Å². The zero-order valence-electron chi connectivity index (χ0n) is 16.2. The number of amides is 2. The molecule has 2 amide bonds. The average molecular weight is 364 g/mol. The van der Waals surface area contributed by atoms with Gasteiger partial charge in [0, 0.05) is 18.3 Å². The largest absolute Gasteiger partial charge is 0.331 e. The molecule has 1 spiro atoms. The number of carbonyl (C=O) groups is 1. The summed E-state index contributed by atoms with van der Waals surface area (Å²) < 4.78 is 0. The number of carbonyl (C=O) groups excluding carboxylic acids is 1. The van der Waals surface area contributed by atoms with Crippen molar-refractivity contribution in [2.75, 3.05) is 20.6 Å². The lowest BCUT2D eigenvalue weighted by Gasteiger charge is -2.48. The first-order chi connectivity index (χ1) is 13.0. The van der Waals surface area contributed by atoms with Crippen LogP contribution >= 0.6 is 0 Å². The molecule has 1 aliphatic carbocycles. The number of rotatable bonds is 4. The number of nitrogens with one attached hydrogen (secondary N) is 1. The smallest absolute Gasteiger partial charge is 0.318 e. The average Bonchev–Trinajstić information content (AvgIpc) is 2.99. The number of benzene rings is 1. The molecule has 142 valence electrons. The molecule has 2 aromatic rings. The maximum atomic E-state index is 12.6. The molecule has 5 heteroatoms. The minimum Gasteiger partial charge on any atom is -0.331 e. The third-order valence-corrected chi connectivity index (χ3v) is 6.43. The monoisotopic (exact) mass is 364 g/mol. The summed E-state index contributed by atoms with van der Waals surface area (Å²) in [6.07, 6.45) is 5.85. The quantitative estimate of drug-likeness (QED) is 0.905. The molecule has 0 radical (unpaired) electrons. The Bertz CT molecular complexity index is 782. The van der Waals surface area contributed by atoms with Crippen molar-refractivity contribution >= 4 is 6.03 Å². The number of urea groups is 1. The molecule has 2 heterocycles. The van der Waals surface area contributed by atoms with Crippen LogP contribution in [0.1, 0.15) is 36.9 Å². The fourth-order valence-electron chi connectivity index (χ4n) is 4.77. The molecule has 1 N–H and O–H groups in total. The van der Waals surface area contributed by atoms with Crippen molar-refractivity contribution in [3.05, 3.63) is 66.0 Å². The highest BCUT2D eigenvalue weighted by Crippen LogP contribution is 2.45. The molecule has 1 aromatic carbocycles. The van der Waals surface area contributed by atoms with Gasteiger partial charge in [-0.3, -0.25) is 9.88 Å². The molecule has 4 rings (SSSR count). The molecule has 27 heavy (non-hydrogen) atoms. The van der Waals surface area contributed by atoms with E-state index in [0.717, 1.165) is 37.9 Å². The van der Waals surface area contributed by atoms with E-state index in [1.165, 1.54) is 5.56 Å². The maximum absolute atomic E-state index is 12.6. The molecule has 1 aliphatic heterocycles. The number of aromatic nitrogens is 1. The zero-order valence-corrected chi connectivity index (χ0v) is 16.2. The summed E-state index contributed by atoms with van der Waals surface area (Å²) in [4.78, 5) is 21.2. The second-order valence-electron chi connectivity index (χ2n) is 8.18. The molecule has 0 atom stereocenters. The van der Waals surface area contributed by atoms with Gasteiger partial charge < -0.3 is 10.2 Å². The summed E-state index contributed by atoms with van der Waals surface area (Å²) >= 11 is 0. The van der Waals surface area contributed by atoms with E-state index in [-0.39, 0.29) is 17.1 Å². The Hall–Kier alpha value is -2.40. The molecule has 1 saturated heterocycles. The summed E-state index contributed by atoms with van der Waals surface area (Å²) in [7, 11) is 4.34. The Kier molecular flexibility index (Phi) is 4.64. The van der Waals surface area contributed by atoms with Crippen molar-refractivity contribution in [3.8, 4) is 0 Å². The summed E-state index contributed by atoms with van der Waals surface area (Å²) in [5.41, 5.74) is 2.25. The van der Waals surface area contributed by atoms with Crippen LogP contribution in [0.25, 0.3) is 0 Å². The number of pyridine rings is 1. The predicted octanol–water partition coefficient (Wildman–Crippen LogP) is 3.38. The van der Waals surface area contributed by atoms with Crippen molar-refractivity contribution in [1.82, 2.24) is 20.1 Å². The minimum atomic E-state index is -0.111. The lowest BCUT2D eigenvalue weighted by Crippen LogP contribution is -2.54. The van der Waals surface area contributed by atoms with Crippen molar-refractivity contribution in [2.24, 2.45) is 0 Å². The summed E-state index contributed by atoms with van der Waals surface area (Å²) in [5, 5.41) is 3.31. The molecule has 0 unspecified atom stereocenters. The molecule has 0 bridgehead atoms. The highest BCUT2D eigenvalue weighted by Gasteiger charge is 2.49. The summed E-state index contributed by atoms with van der Waals surface area (Å²) in [6, 6.07) is 16.7. The van der Waals surface area contributed by atoms with Crippen LogP contribution in [0.2, 0.25) is 0 Å². The third-order valence-electron chi connectivity index (χ3n) is 6.43. The summed E-state index contributed by atoms with van der Waals surface area (Å²) in [6.45, 7) is 1.34. The van der Waals surface area contributed by atoms with Gasteiger partial charge in [0.25, 0.3) is 0 Å². The van der Waals surface area contributed by atoms with Gasteiger partial charge in [-0.15, -0.1) is 0 Å². The van der Waals surface area contributed by atoms with E-state index in [0.29, 0.717) is 6.54 Å². The van der Waals surface area contributed by atoms with Crippen LogP contribution in [0.5, 0.6) is 0 Å². The van der Waals surface area contributed by atoms with Crippen LogP contribution in [0.3, 0.4) is 0 Å². The van der Waals surface area contributed by atoms with E-state index in [2.05, 4.69) is 59.6 Å². The minimum absolute atomic E-state index is 0.0396. The molecule has 1 saturated carbocycles. The van der Waals surface area contributed by atoms with Crippen LogP contribution in [0.4, 0.5) is 4.79 Å². The van der Waals surface area contributed by atoms with Gasteiger partial charge in [0.15, 0.2) is 0 Å². The van der Waals surface area contributed by atoms with E-state index < -0.39 is 0 Å². The van der Waals surface area contributed by atoms with Gasteiger partial charge in [-0.2, -0.15) is 0 Å². The van der Waals surface area contributed by atoms with Gasteiger partial charge in [-0.1, -0.05) is 36.4 Å². The lowest BCUT2D eigenvalue weighted by atomic mass is 9.69. The molecule has 5 nitrogen and oxygen atoms in total. The molecule has 2 aliphatic rings. The van der Waals surface area contributed by atoms with Gasteiger partial charge in [-0.05, 0) is 57.5 Å². The van der Waals surface area contributed by atoms with Crippen molar-refractivity contribution in [2.45, 2.75) is 43.3 Å². The fourth-order valence-corrected chi connectivity index (χ4v) is 4.77. The van der Waals surface area contributed by atoms with Crippen LogP contribution in [-0.4, -0.2) is 47.0 Å². The van der Waals surface area contributed by atoms with E-state index in [9.17, 15) is 4.79 Å². The van der Waals surface area contributed by atoms with Gasteiger partial charge in [0.05, 0.1) is 17.8 Å². The Morgan fingerprint density at radius 2 is 1.74 bits per heavy atom. The van der Waals surface area contributed by atoms with Gasteiger partial charge in [0.2, 0.25) is 0 Å². The highest BCUT2D eigenvalue weighted by molar-refractivity contribution is 5.78. The Labute approximate surface area is 161 Å². The van der Waals surface area contributed by atoms with Gasteiger partial charge >= 0.3 is 6.03 Å². The standard InChI is InChI=1S/C22H28N4O/c1-25(2)22(18-8-4-3-5-9-18)13-11-21(12-14-22)17-26(20(27)24-21)16-19-10-6-7-15-23-19/h3-10,15H,11-14,16-17H2,1-2H3,(H,24,27)/t21-,22-. The van der Waals surface area contributed by atoms with Crippen molar-refractivity contribution < 1.29 is 4.79 Å². The second-order valence-corrected chi connectivity index (χ2v) is 8.18. The second kappa shape index (κ2) is 6.97. The normalized spacial score (nSPS) is 28.0. The van der Waals surface area contributed by atoms with Gasteiger partial charge in [-0.25, -0.2) is 4.79 Å². The van der Waals surface area contributed by atoms with Crippen LogP contribution < -0.4 is 5.32 Å². The summed E-state index contributed by atoms with van der Waals surface area (Å²) in [5.74, 6) is 0. The fraction of sp³-hybridized carbons (Fsp3) is 0.455. The Balaban J connectivity index is 1.49. The van der Waals surface area contributed by atoms with Gasteiger partial charge in [0.1, 0.15) is 0 Å². The van der Waals surface area contributed by atoms with Crippen LogP contribution in [0, 0.1) is 0 Å². The van der Waals surface area contributed by atoms with E-state index in [1.54, 1.807) is 6.20 Å². The first kappa shape index (κ1) is 18.0. The highest BCUT2D eigenvalue weighted by atomic mass is 16.2. The first-order valence-electron chi connectivity index (χ1n) is 9.73. The van der Waals surface area contributed by atoms with Crippen molar-refractivity contribution in [1.29, 1.82) is 0 Å². The maximum Gasteiger partial charge on any atom is 0.318 e. The Morgan fingerprint density at radius 3 is 2.37 bits per heavy atom. The third kappa shape index (κ3) is 3.32. The molecule has 1 aromatic heterocycles.